The summed E-state index contributed by atoms with van der Waals surface area (Å²) in [6.45, 7) is 2.01. The van der Waals surface area contributed by atoms with Crippen LogP contribution in [0, 0.1) is 12.8 Å². The average Bonchev–Trinajstić information content (AvgIpc) is 2.92. The molecule has 2 nitrogen and oxygen atoms in total. The van der Waals surface area contributed by atoms with E-state index >= 15 is 0 Å². The number of hydrogen-bond acceptors (Lipinski definition) is 2. The Bertz CT molecular complexity index is 1250. The van der Waals surface area contributed by atoms with Gasteiger partial charge in [0.15, 0.2) is 0 Å². The van der Waals surface area contributed by atoms with Crippen LogP contribution in [0.1, 0.15) is 64.2 Å². The first kappa shape index (κ1) is 26.6. The van der Waals surface area contributed by atoms with Gasteiger partial charge in [0.2, 0.25) is 0 Å². The van der Waals surface area contributed by atoms with Crippen molar-refractivity contribution < 1.29 is 13.2 Å². The van der Waals surface area contributed by atoms with Crippen molar-refractivity contribution in [1.82, 2.24) is 0 Å². The number of aryl methyl sites for hydroxylation is 1. The fraction of sp³-hybridized carbons (Fsp3) is 0.219. The third kappa shape index (κ3) is 6.68. The predicted molar refractivity (Wildman–Crippen MR) is 144 cm³/mol. The van der Waals surface area contributed by atoms with E-state index in [1.54, 1.807) is 6.07 Å². The molecule has 1 radical (unpaired) electrons. The van der Waals surface area contributed by atoms with Gasteiger partial charge in [0, 0.05) is 23.9 Å². The summed E-state index contributed by atoms with van der Waals surface area (Å²) in [6.07, 6.45) is -3.38. The molecule has 3 unspecified atom stereocenters. The lowest BCUT2D eigenvalue weighted by atomic mass is 9.72. The second-order valence-electron chi connectivity index (χ2n) is 9.48. The van der Waals surface area contributed by atoms with Crippen LogP contribution in [0.15, 0.2) is 109 Å². The summed E-state index contributed by atoms with van der Waals surface area (Å²) in [5, 5.41) is 0. The second-order valence-corrected chi connectivity index (χ2v) is 9.48. The first-order valence-corrected chi connectivity index (χ1v) is 12.4. The molecule has 0 heterocycles. The Hall–Kier alpha value is -3.41. The van der Waals surface area contributed by atoms with E-state index in [0.29, 0.717) is 18.4 Å². The fourth-order valence-electron chi connectivity index (χ4n) is 4.82. The molecule has 0 amide bonds. The summed E-state index contributed by atoms with van der Waals surface area (Å²) in [6, 6.07) is 32.4. The average molecular weight is 502 g/mol. The van der Waals surface area contributed by atoms with E-state index in [1.165, 1.54) is 12.1 Å². The van der Waals surface area contributed by atoms with Crippen LogP contribution >= 0.6 is 0 Å². The van der Waals surface area contributed by atoms with Gasteiger partial charge in [-0.05, 0) is 48.1 Å². The molecule has 0 bridgehead atoms. The zero-order chi connectivity index (χ0) is 26.4. The van der Waals surface area contributed by atoms with Crippen molar-refractivity contribution in [2.75, 3.05) is 0 Å². The van der Waals surface area contributed by atoms with Gasteiger partial charge in [-0.2, -0.15) is 13.2 Å². The van der Waals surface area contributed by atoms with E-state index in [1.807, 2.05) is 91.9 Å². The van der Waals surface area contributed by atoms with E-state index in [0.717, 1.165) is 34.2 Å². The lowest BCUT2D eigenvalue weighted by Crippen LogP contribution is -2.27. The van der Waals surface area contributed by atoms with Crippen LogP contribution in [0.25, 0.3) is 0 Å². The predicted octanol–water partition coefficient (Wildman–Crippen LogP) is 7.90. The van der Waals surface area contributed by atoms with E-state index in [4.69, 9.17) is 11.5 Å². The van der Waals surface area contributed by atoms with Crippen LogP contribution in [0.3, 0.4) is 0 Å². The Morgan fingerprint density at radius 3 is 1.89 bits per heavy atom. The first-order chi connectivity index (χ1) is 17.7. The van der Waals surface area contributed by atoms with Crippen LogP contribution in [0.5, 0.6) is 0 Å². The highest BCUT2D eigenvalue weighted by Crippen LogP contribution is 2.44. The molecule has 4 aromatic carbocycles. The van der Waals surface area contributed by atoms with Crippen LogP contribution in [0.4, 0.5) is 13.2 Å². The summed E-state index contributed by atoms with van der Waals surface area (Å²) < 4.78 is 41.1. The van der Waals surface area contributed by atoms with Gasteiger partial charge < -0.3 is 11.5 Å². The molecule has 4 N–H and O–H groups in total. The molecule has 3 atom stereocenters. The highest BCUT2D eigenvalue weighted by molar-refractivity contribution is 5.45. The number of benzene rings is 4. The van der Waals surface area contributed by atoms with Crippen molar-refractivity contribution >= 4 is 0 Å². The van der Waals surface area contributed by atoms with Crippen molar-refractivity contribution in [2.45, 2.75) is 43.9 Å². The van der Waals surface area contributed by atoms with Gasteiger partial charge in [-0.1, -0.05) is 109 Å². The molecule has 4 aromatic rings. The van der Waals surface area contributed by atoms with Crippen LogP contribution in [-0.2, 0) is 6.18 Å². The standard InChI is InChI=1S/C32H32F3N2/c1-22-15-17-24(18-16-22)30(31(37)25-11-6-3-7-12-25)28(19-20-29(36)23-9-4-2-5-10-23)26-13-8-14-27(21-26)32(33,34)35/h2-18,21,29-31H,19-20,36-37H2,1H3. The third-order valence-electron chi connectivity index (χ3n) is 6.87. The summed E-state index contributed by atoms with van der Waals surface area (Å²) in [5.41, 5.74) is 17.3. The van der Waals surface area contributed by atoms with Crippen LogP contribution in [-0.4, -0.2) is 0 Å². The summed E-state index contributed by atoms with van der Waals surface area (Å²) in [4.78, 5) is 0. The Labute approximate surface area is 217 Å². The molecule has 0 saturated carbocycles. The van der Waals surface area contributed by atoms with Crippen molar-refractivity contribution in [2.24, 2.45) is 11.5 Å². The quantitative estimate of drug-likeness (QED) is 0.245. The van der Waals surface area contributed by atoms with Gasteiger partial charge >= 0.3 is 6.18 Å². The van der Waals surface area contributed by atoms with Crippen molar-refractivity contribution in [3.63, 3.8) is 0 Å². The normalized spacial score (nSPS) is 14.4. The minimum absolute atomic E-state index is 0.256. The van der Waals surface area contributed by atoms with E-state index < -0.39 is 17.8 Å². The molecule has 0 aliphatic rings. The van der Waals surface area contributed by atoms with Gasteiger partial charge in [0.05, 0.1) is 5.56 Å². The number of rotatable bonds is 9. The van der Waals surface area contributed by atoms with Crippen LogP contribution in [0.2, 0.25) is 0 Å². The minimum atomic E-state index is -4.44. The van der Waals surface area contributed by atoms with Gasteiger partial charge in [0.25, 0.3) is 0 Å². The SMILES string of the molecule is Cc1ccc(C([C](CCC(N)c2ccccc2)c2cccc(C(F)(F)F)c2)C(N)c2ccccc2)cc1. The van der Waals surface area contributed by atoms with Gasteiger partial charge in [-0.3, -0.25) is 0 Å². The molecule has 0 saturated heterocycles. The molecule has 5 heteroatoms. The Balaban J connectivity index is 1.79. The molecule has 0 aliphatic heterocycles. The topological polar surface area (TPSA) is 52.0 Å². The molecular weight excluding hydrogens is 469 g/mol. The summed E-state index contributed by atoms with van der Waals surface area (Å²) >= 11 is 0. The zero-order valence-electron chi connectivity index (χ0n) is 20.8. The van der Waals surface area contributed by atoms with Crippen molar-refractivity contribution in [1.29, 1.82) is 0 Å². The maximum absolute atomic E-state index is 13.7. The number of nitrogens with two attached hydrogens (primary N) is 2. The summed E-state index contributed by atoms with van der Waals surface area (Å²) in [7, 11) is 0. The second kappa shape index (κ2) is 11.8. The molecule has 0 aliphatic carbocycles. The largest absolute Gasteiger partial charge is 0.416 e. The highest BCUT2D eigenvalue weighted by atomic mass is 19.4. The van der Waals surface area contributed by atoms with Crippen molar-refractivity contribution in [3.8, 4) is 0 Å². The number of halogens is 3. The van der Waals surface area contributed by atoms with E-state index in [2.05, 4.69) is 0 Å². The maximum Gasteiger partial charge on any atom is 0.416 e. The molecule has 4 rings (SSSR count). The number of hydrogen-bond donors (Lipinski definition) is 2. The van der Waals surface area contributed by atoms with E-state index in [-0.39, 0.29) is 12.0 Å². The summed E-state index contributed by atoms with van der Waals surface area (Å²) in [5.74, 6) is 0.507. The molecule has 0 aromatic heterocycles. The Morgan fingerprint density at radius 1 is 0.703 bits per heavy atom. The highest BCUT2D eigenvalue weighted by Gasteiger charge is 2.35. The lowest BCUT2D eigenvalue weighted by Gasteiger charge is -2.34. The van der Waals surface area contributed by atoms with E-state index in [9.17, 15) is 13.2 Å². The lowest BCUT2D eigenvalue weighted by molar-refractivity contribution is -0.137. The Morgan fingerprint density at radius 2 is 1.30 bits per heavy atom. The van der Waals surface area contributed by atoms with Gasteiger partial charge in [-0.25, -0.2) is 0 Å². The molecular formula is C32H32F3N2. The number of alkyl halides is 3. The van der Waals surface area contributed by atoms with Gasteiger partial charge in [0.1, 0.15) is 0 Å². The molecule has 0 spiro atoms. The maximum atomic E-state index is 13.7. The minimum Gasteiger partial charge on any atom is -0.324 e. The fourth-order valence-corrected chi connectivity index (χ4v) is 4.82. The first-order valence-electron chi connectivity index (χ1n) is 12.4. The molecule has 191 valence electrons. The van der Waals surface area contributed by atoms with Crippen molar-refractivity contribution in [3.05, 3.63) is 148 Å². The smallest absolute Gasteiger partial charge is 0.324 e. The zero-order valence-corrected chi connectivity index (χ0v) is 20.8. The molecule has 0 fully saturated rings. The van der Waals surface area contributed by atoms with Gasteiger partial charge in [-0.15, -0.1) is 0 Å². The third-order valence-corrected chi connectivity index (χ3v) is 6.87. The monoisotopic (exact) mass is 501 g/mol. The Kier molecular flexibility index (Phi) is 8.47. The molecule has 37 heavy (non-hydrogen) atoms. The van der Waals surface area contributed by atoms with Crippen LogP contribution < -0.4 is 11.5 Å².